The standard InChI is InChI=1S/C12H15F2NO/c1-7-4-9-5-8(2-3-11(9)16-7)6-10(15)12(13)14/h2-3,5,7,10,12H,4,6,15H2,1H3. The normalized spacial score (nSPS) is 20.7. The minimum absolute atomic E-state index is 0.175. The second-order valence-electron chi connectivity index (χ2n) is 4.28. The summed E-state index contributed by atoms with van der Waals surface area (Å²) in [5, 5.41) is 0. The lowest BCUT2D eigenvalue weighted by molar-refractivity contribution is 0.116. The lowest BCUT2D eigenvalue weighted by Crippen LogP contribution is -2.30. The molecule has 2 N–H and O–H groups in total. The van der Waals surface area contributed by atoms with Gasteiger partial charge in [0, 0.05) is 6.42 Å². The van der Waals surface area contributed by atoms with E-state index in [9.17, 15) is 8.78 Å². The van der Waals surface area contributed by atoms with Crippen LogP contribution in [-0.4, -0.2) is 18.6 Å². The smallest absolute Gasteiger partial charge is 0.253 e. The fourth-order valence-electron chi connectivity index (χ4n) is 1.96. The van der Waals surface area contributed by atoms with Crippen molar-refractivity contribution in [2.24, 2.45) is 5.73 Å². The summed E-state index contributed by atoms with van der Waals surface area (Å²) in [4.78, 5) is 0. The Morgan fingerprint density at radius 2 is 2.25 bits per heavy atom. The zero-order valence-electron chi connectivity index (χ0n) is 9.12. The van der Waals surface area contributed by atoms with Gasteiger partial charge in [-0.05, 0) is 30.5 Å². The SMILES string of the molecule is CC1Cc2cc(CC(N)C(F)F)ccc2O1. The number of hydrogen-bond donors (Lipinski definition) is 1. The van der Waals surface area contributed by atoms with Crippen molar-refractivity contribution in [3.63, 3.8) is 0 Å². The first-order chi connectivity index (χ1) is 7.56. The highest BCUT2D eigenvalue weighted by Crippen LogP contribution is 2.29. The van der Waals surface area contributed by atoms with Gasteiger partial charge in [-0.1, -0.05) is 12.1 Å². The van der Waals surface area contributed by atoms with Crippen molar-refractivity contribution in [1.82, 2.24) is 0 Å². The van der Waals surface area contributed by atoms with Crippen molar-refractivity contribution >= 4 is 0 Å². The van der Waals surface area contributed by atoms with Crippen molar-refractivity contribution < 1.29 is 13.5 Å². The molecule has 4 heteroatoms. The Hall–Kier alpha value is -1.16. The minimum Gasteiger partial charge on any atom is -0.490 e. The van der Waals surface area contributed by atoms with Crippen molar-refractivity contribution in [1.29, 1.82) is 0 Å². The molecule has 0 saturated carbocycles. The molecule has 0 fully saturated rings. The van der Waals surface area contributed by atoms with Crippen molar-refractivity contribution in [2.75, 3.05) is 0 Å². The molecule has 0 radical (unpaired) electrons. The summed E-state index contributed by atoms with van der Waals surface area (Å²) in [5.41, 5.74) is 7.28. The molecule has 0 aromatic heterocycles. The van der Waals surface area contributed by atoms with Gasteiger partial charge in [-0.15, -0.1) is 0 Å². The fraction of sp³-hybridized carbons (Fsp3) is 0.500. The van der Waals surface area contributed by atoms with E-state index in [1.807, 2.05) is 19.1 Å². The second-order valence-corrected chi connectivity index (χ2v) is 4.28. The summed E-state index contributed by atoms with van der Waals surface area (Å²) in [6, 6.07) is 4.48. The largest absolute Gasteiger partial charge is 0.490 e. The number of ether oxygens (including phenoxy) is 1. The van der Waals surface area contributed by atoms with Gasteiger partial charge < -0.3 is 10.5 Å². The van der Waals surface area contributed by atoms with Crippen LogP contribution in [-0.2, 0) is 12.8 Å². The Morgan fingerprint density at radius 3 is 2.94 bits per heavy atom. The average Bonchev–Trinajstić information content (AvgIpc) is 2.57. The summed E-state index contributed by atoms with van der Waals surface area (Å²) in [7, 11) is 0. The van der Waals surface area contributed by atoms with Gasteiger partial charge in [0.05, 0.1) is 6.04 Å². The second kappa shape index (κ2) is 4.37. The Bertz CT molecular complexity index is 381. The van der Waals surface area contributed by atoms with Crippen LogP contribution in [0.15, 0.2) is 18.2 Å². The Labute approximate surface area is 93.4 Å². The minimum atomic E-state index is -2.47. The van der Waals surface area contributed by atoms with E-state index in [0.29, 0.717) is 0 Å². The number of benzene rings is 1. The molecule has 1 aliphatic rings. The predicted molar refractivity (Wildman–Crippen MR) is 57.9 cm³/mol. The van der Waals surface area contributed by atoms with Crippen LogP contribution >= 0.6 is 0 Å². The van der Waals surface area contributed by atoms with Crippen molar-refractivity contribution in [3.05, 3.63) is 29.3 Å². The highest BCUT2D eigenvalue weighted by molar-refractivity contribution is 5.40. The third kappa shape index (κ3) is 2.32. The molecule has 2 unspecified atom stereocenters. The maximum absolute atomic E-state index is 12.3. The average molecular weight is 227 g/mol. The van der Waals surface area contributed by atoms with E-state index in [0.717, 1.165) is 23.3 Å². The van der Waals surface area contributed by atoms with Gasteiger partial charge in [0.15, 0.2) is 0 Å². The van der Waals surface area contributed by atoms with Gasteiger partial charge in [-0.25, -0.2) is 8.78 Å². The quantitative estimate of drug-likeness (QED) is 0.858. The summed E-state index contributed by atoms with van der Waals surface area (Å²) < 4.78 is 30.1. The molecule has 2 rings (SSSR count). The van der Waals surface area contributed by atoms with Gasteiger partial charge in [0.2, 0.25) is 0 Å². The van der Waals surface area contributed by atoms with Crippen LogP contribution in [0.1, 0.15) is 18.1 Å². The fourth-order valence-corrected chi connectivity index (χ4v) is 1.96. The van der Waals surface area contributed by atoms with Crippen LogP contribution < -0.4 is 10.5 Å². The van der Waals surface area contributed by atoms with E-state index in [1.54, 1.807) is 6.07 Å². The molecular formula is C12H15F2NO. The first kappa shape index (κ1) is 11.3. The third-order valence-electron chi connectivity index (χ3n) is 2.76. The predicted octanol–water partition coefficient (Wildman–Crippen LogP) is 2.14. The number of hydrogen-bond acceptors (Lipinski definition) is 2. The maximum atomic E-state index is 12.3. The van der Waals surface area contributed by atoms with Crippen molar-refractivity contribution in [2.45, 2.75) is 38.3 Å². The molecule has 1 aliphatic heterocycles. The third-order valence-corrected chi connectivity index (χ3v) is 2.76. The van der Waals surface area contributed by atoms with E-state index in [4.69, 9.17) is 10.5 Å². The van der Waals surface area contributed by atoms with E-state index >= 15 is 0 Å². The molecule has 2 atom stereocenters. The van der Waals surface area contributed by atoms with Crippen LogP contribution in [0, 0.1) is 0 Å². The monoisotopic (exact) mass is 227 g/mol. The number of fused-ring (bicyclic) bond motifs is 1. The molecule has 0 saturated heterocycles. The zero-order valence-corrected chi connectivity index (χ0v) is 9.12. The van der Waals surface area contributed by atoms with E-state index < -0.39 is 12.5 Å². The Kier molecular flexibility index (Phi) is 3.10. The number of alkyl halides is 2. The van der Waals surface area contributed by atoms with Crippen LogP contribution in [0.4, 0.5) is 8.78 Å². The molecule has 88 valence electrons. The number of halogens is 2. The topological polar surface area (TPSA) is 35.2 Å². The number of nitrogens with two attached hydrogens (primary N) is 1. The maximum Gasteiger partial charge on any atom is 0.253 e. The molecule has 0 spiro atoms. The van der Waals surface area contributed by atoms with Crippen molar-refractivity contribution in [3.8, 4) is 5.75 Å². The lowest BCUT2D eigenvalue weighted by atomic mass is 10.0. The van der Waals surface area contributed by atoms with Gasteiger partial charge in [-0.2, -0.15) is 0 Å². The summed E-state index contributed by atoms with van der Waals surface area (Å²) in [6.45, 7) is 1.99. The molecule has 0 aliphatic carbocycles. The highest BCUT2D eigenvalue weighted by atomic mass is 19.3. The number of rotatable bonds is 3. The van der Waals surface area contributed by atoms with Gasteiger partial charge in [0.1, 0.15) is 11.9 Å². The molecule has 2 nitrogen and oxygen atoms in total. The lowest BCUT2D eigenvalue weighted by Gasteiger charge is -2.10. The summed E-state index contributed by atoms with van der Waals surface area (Å²) >= 11 is 0. The van der Waals surface area contributed by atoms with Crippen LogP contribution in [0.3, 0.4) is 0 Å². The van der Waals surface area contributed by atoms with Crippen LogP contribution in [0.25, 0.3) is 0 Å². The summed E-state index contributed by atoms with van der Waals surface area (Å²) in [5.74, 6) is 0.863. The molecule has 1 aromatic carbocycles. The first-order valence-electron chi connectivity index (χ1n) is 5.38. The molecule has 0 bridgehead atoms. The van der Waals surface area contributed by atoms with Crippen LogP contribution in [0.5, 0.6) is 5.75 Å². The molecule has 1 heterocycles. The van der Waals surface area contributed by atoms with E-state index in [2.05, 4.69) is 0 Å². The zero-order chi connectivity index (χ0) is 11.7. The van der Waals surface area contributed by atoms with Gasteiger partial charge in [-0.3, -0.25) is 0 Å². The Balaban J connectivity index is 2.11. The Morgan fingerprint density at radius 1 is 1.50 bits per heavy atom. The summed E-state index contributed by atoms with van der Waals surface area (Å²) in [6.07, 6.45) is -1.25. The molecular weight excluding hydrogens is 212 g/mol. The van der Waals surface area contributed by atoms with Gasteiger partial charge >= 0.3 is 0 Å². The molecule has 16 heavy (non-hydrogen) atoms. The molecule has 1 aromatic rings. The first-order valence-corrected chi connectivity index (χ1v) is 5.38. The highest BCUT2D eigenvalue weighted by Gasteiger charge is 2.20. The van der Waals surface area contributed by atoms with E-state index in [1.165, 1.54) is 0 Å². The van der Waals surface area contributed by atoms with E-state index in [-0.39, 0.29) is 12.5 Å². The van der Waals surface area contributed by atoms with Crippen LogP contribution in [0.2, 0.25) is 0 Å². The molecule has 0 amide bonds. The van der Waals surface area contributed by atoms with Gasteiger partial charge in [0.25, 0.3) is 6.43 Å².